The lowest BCUT2D eigenvalue weighted by Gasteiger charge is -2.15. The summed E-state index contributed by atoms with van der Waals surface area (Å²) in [5.74, 6) is -1.13. The number of likely N-dealkylation sites (N-methyl/N-ethyl adjacent to an activating group) is 1. The first-order chi connectivity index (χ1) is 11.4. The lowest BCUT2D eigenvalue weighted by Crippen LogP contribution is -2.36. The molecule has 24 heavy (non-hydrogen) atoms. The summed E-state index contributed by atoms with van der Waals surface area (Å²) in [7, 11) is -2.61. The standard InChI is InChI=1S/C16H16FN3O3S/c1-20(24(22,23)15-9-7-14(17)8-10-15)12-16(21)19-18-11-13-5-3-2-4-6-13/h2-11H,12H2,1H3,(H,19,21)/b18-11-. The van der Waals surface area contributed by atoms with Crippen molar-refractivity contribution in [3.8, 4) is 0 Å². The third-order valence-corrected chi connectivity index (χ3v) is 4.91. The van der Waals surface area contributed by atoms with E-state index in [4.69, 9.17) is 0 Å². The van der Waals surface area contributed by atoms with E-state index in [1.807, 2.05) is 18.2 Å². The van der Waals surface area contributed by atoms with Gasteiger partial charge in [-0.2, -0.15) is 9.41 Å². The third kappa shape index (κ3) is 4.71. The molecule has 1 N–H and O–H groups in total. The Labute approximate surface area is 139 Å². The maximum atomic E-state index is 12.9. The molecule has 0 bridgehead atoms. The summed E-state index contributed by atoms with van der Waals surface area (Å²) >= 11 is 0. The highest BCUT2D eigenvalue weighted by Gasteiger charge is 2.22. The number of benzene rings is 2. The number of carbonyl (C=O) groups is 1. The summed E-state index contributed by atoms with van der Waals surface area (Å²) in [6.07, 6.45) is 1.45. The predicted molar refractivity (Wildman–Crippen MR) is 88.4 cm³/mol. The zero-order chi connectivity index (χ0) is 17.6. The van der Waals surface area contributed by atoms with Crippen LogP contribution in [0.15, 0.2) is 64.6 Å². The fourth-order valence-corrected chi connectivity index (χ4v) is 2.95. The second-order valence-corrected chi connectivity index (χ2v) is 6.96. The lowest BCUT2D eigenvalue weighted by atomic mass is 10.2. The Morgan fingerprint density at radius 2 is 1.79 bits per heavy atom. The van der Waals surface area contributed by atoms with E-state index in [1.54, 1.807) is 12.1 Å². The van der Waals surface area contributed by atoms with E-state index in [-0.39, 0.29) is 4.90 Å². The fourth-order valence-electron chi connectivity index (χ4n) is 1.83. The predicted octanol–water partition coefficient (Wildman–Crippen LogP) is 1.60. The SMILES string of the molecule is CN(CC(=O)N/N=C\c1ccccc1)S(=O)(=O)c1ccc(F)cc1. The minimum Gasteiger partial charge on any atom is -0.272 e. The average Bonchev–Trinajstić information content (AvgIpc) is 2.56. The first-order valence-corrected chi connectivity index (χ1v) is 8.42. The van der Waals surface area contributed by atoms with E-state index in [9.17, 15) is 17.6 Å². The Morgan fingerprint density at radius 3 is 2.42 bits per heavy atom. The molecule has 0 heterocycles. The average molecular weight is 349 g/mol. The van der Waals surface area contributed by atoms with Crippen LogP contribution in [0.4, 0.5) is 4.39 Å². The number of sulfonamides is 1. The smallest absolute Gasteiger partial charge is 0.255 e. The zero-order valence-electron chi connectivity index (χ0n) is 12.9. The molecule has 0 atom stereocenters. The van der Waals surface area contributed by atoms with Crippen LogP contribution in [-0.4, -0.2) is 38.4 Å². The van der Waals surface area contributed by atoms with Crippen molar-refractivity contribution in [1.82, 2.24) is 9.73 Å². The van der Waals surface area contributed by atoms with Gasteiger partial charge in [-0.15, -0.1) is 0 Å². The molecule has 1 amide bonds. The van der Waals surface area contributed by atoms with Crippen molar-refractivity contribution >= 4 is 22.1 Å². The molecule has 0 spiro atoms. The molecule has 0 saturated carbocycles. The van der Waals surface area contributed by atoms with E-state index >= 15 is 0 Å². The van der Waals surface area contributed by atoms with Gasteiger partial charge in [-0.05, 0) is 29.8 Å². The Hall–Kier alpha value is -2.58. The van der Waals surface area contributed by atoms with Crippen molar-refractivity contribution in [2.24, 2.45) is 5.10 Å². The quantitative estimate of drug-likeness (QED) is 0.635. The van der Waals surface area contributed by atoms with Crippen molar-refractivity contribution in [2.45, 2.75) is 4.90 Å². The number of nitrogens with zero attached hydrogens (tertiary/aromatic N) is 2. The zero-order valence-corrected chi connectivity index (χ0v) is 13.7. The van der Waals surface area contributed by atoms with Gasteiger partial charge in [-0.3, -0.25) is 4.79 Å². The molecule has 0 aromatic heterocycles. The Kier molecular flexibility index (Phi) is 5.78. The minimum absolute atomic E-state index is 0.0908. The maximum Gasteiger partial charge on any atom is 0.255 e. The van der Waals surface area contributed by atoms with Crippen molar-refractivity contribution < 1.29 is 17.6 Å². The second kappa shape index (κ2) is 7.80. The second-order valence-electron chi connectivity index (χ2n) is 4.92. The van der Waals surface area contributed by atoms with Gasteiger partial charge in [0, 0.05) is 7.05 Å². The van der Waals surface area contributed by atoms with Crippen molar-refractivity contribution in [3.05, 3.63) is 66.0 Å². The largest absolute Gasteiger partial charge is 0.272 e. The summed E-state index contributed by atoms with van der Waals surface area (Å²) in [4.78, 5) is 11.7. The molecule has 0 aliphatic carbocycles. The number of halogens is 1. The van der Waals surface area contributed by atoms with Crippen LogP contribution < -0.4 is 5.43 Å². The van der Waals surface area contributed by atoms with Crippen LogP contribution in [0.25, 0.3) is 0 Å². The number of nitrogens with one attached hydrogen (secondary N) is 1. The monoisotopic (exact) mass is 349 g/mol. The maximum absolute atomic E-state index is 12.9. The van der Waals surface area contributed by atoms with Gasteiger partial charge < -0.3 is 0 Å². The lowest BCUT2D eigenvalue weighted by molar-refractivity contribution is -0.121. The van der Waals surface area contributed by atoms with Gasteiger partial charge in [-0.1, -0.05) is 30.3 Å². The van der Waals surface area contributed by atoms with Gasteiger partial charge in [0.2, 0.25) is 10.0 Å². The molecule has 0 fully saturated rings. The molecule has 0 aliphatic heterocycles. The molecule has 2 rings (SSSR count). The van der Waals surface area contributed by atoms with Crippen LogP contribution in [0.1, 0.15) is 5.56 Å². The summed E-state index contributed by atoms with van der Waals surface area (Å²) < 4.78 is 38.3. The number of carbonyl (C=O) groups excluding carboxylic acids is 1. The molecular weight excluding hydrogens is 333 g/mol. The van der Waals surface area contributed by atoms with Crippen LogP contribution in [0.3, 0.4) is 0 Å². The van der Waals surface area contributed by atoms with Gasteiger partial charge in [0.15, 0.2) is 0 Å². The highest BCUT2D eigenvalue weighted by molar-refractivity contribution is 7.89. The van der Waals surface area contributed by atoms with Crippen molar-refractivity contribution in [2.75, 3.05) is 13.6 Å². The molecule has 6 nitrogen and oxygen atoms in total. The van der Waals surface area contributed by atoms with Crippen LogP contribution in [0.5, 0.6) is 0 Å². The molecule has 2 aromatic carbocycles. The summed E-state index contributed by atoms with van der Waals surface area (Å²) in [5.41, 5.74) is 3.06. The highest BCUT2D eigenvalue weighted by atomic mass is 32.2. The van der Waals surface area contributed by atoms with E-state index in [2.05, 4.69) is 10.5 Å². The molecule has 126 valence electrons. The number of hydrogen-bond donors (Lipinski definition) is 1. The molecular formula is C16H16FN3O3S. The van der Waals surface area contributed by atoms with E-state index in [0.717, 1.165) is 34.1 Å². The summed E-state index contributed by atoms with van der Waals surface area (Å²) in [6, 6.07) is 13.5. The van der Waals surface area contributed by atoms with Crippen LogP contribution in [0.2, 0.25) is 0 Å². The van der Waals surface area contributed by atoms with E-state index in [1.165, 1.54) is 13.3 Å². The number of rotatable bonds is 6. The van der Waals surface area contributed by atoms with Crippen molar-refractivity contribution in [1.29, 1.82) is 0 Å². The third-order valence-electron chi connectivity index (χ3n) is 3.09. The van der Waals surface area contributed by atoms with Gasteiger partial charge >= 0.3 is 0 Å². The molecule has 0 unspecified atom stereocenters. The number of hydrogen-bond acceptors (Lipinski definition) is 4. The Bertz CT molecular complexity index is 821. The molecule has 2 aromatic rings. The first kappa shape index (κ1) is 17.8. The topological polar surface area (TPSA) is 78.8 Å². The number of amides is 1. The highest BCUT2D eigenvalue weighted by Crippen LogP contribution is 2.14. The molecule has 0 aliphatic rings. The minimum atomic E-state index is -3.87. The summed E-state index contributed by atoms with van der Waals surface area (Å²) in [5, 5.41) is 3.77. The van der Waals surface area contributed by atoms with Gasteiger partial charge in [0.1, 0.15) is 5.82 Å². The van der Waals surface area contributed by atoms with Gasteiger partial charge in [0.25, 0.3) is 5.91 Å². The molecule has 8 heteroatoms. The summed E-state index contributed by atoms with van der Waals surface area (Å²) in [6.45, 7) is -0.411. The Balaban J connectivity index is 1.95. The molecule has 0 radical (unpaired) electrons. The van der Waals surface area contributed by atoms with Crippen LogP contribution >= 0.6 is 0 Å². The van der Waals surface area contributed by atoms with Crippen LogP contribution in [-0.2, 0) is 14.8 Å². The van der Waals surface area contributed by atoms with Gasteiger partial charge in [-0.25, -0.2) is 18.2 Å². The Morgan fingerprint density at radius 1 is 1.17 bits per heavy atom. The number of hydrazone groups is 1. The first-order valence-electron chi connectivity index (χ1n) is 6.98. The normalized spacial score (nSPS) is 11.8. The van der Waals surface area contributed by atoms with Gasteiger partial charge in [0.05, 0.1) is 17.7 Å². The van der Waals surface area contributed by atoms with E-state index in [0.29, 0.717) is 0 Å². The molecule has 0 saturated heterocycles. The van der Waals surface area contributed by atoms with Crippen LogP contribution in [0, 0.1) is 5.82 Å². The van der Waals surface area contributed by atoms with E-state index < -0.39 is 28.3 Å². The fraction of sp³-hybridized carbons (Fsp3) is 0.125. The van der Waals surface area contributed by atoms with Crippen molar-refractivity contribution in [3.63, 3.8) is 0 Å².